The summed E-state index contributed by atoms with van der Waals surface area (Å²) in [5.74, 6) is -1.40. The lowest BCUT2D eigenvalue weighted by Crippen LogP contribution is -2.22. The molecule has 1 N–H and O–H groups in total. The normalized spacial score (nSPS) is 10.8. The van der Waals surface area contributed by atoms with Crippen LogP contribution in [0.4, 0.5) is 18.9 Å². The molecule has 2 aromatic rings. The number of aryl methyl sites for hydroxylation is 1. The number of nitriles is 1. The molecule has 9 heteroatoms. The summed E-state index contributed by atoms with van der Waals surface area (Å²) in [4.78, 5) is 24.4. The van der Waals surface area contributed by atoms with E-state index >= 15 is 0 Å². The Morgan fingerprint density at radius 2 is 1.96 bits per heavy atom. The Balaban J connectivity index is 1.88. The van der Waals surface area contributed by atoms with Gasteiger partial charge in [-0.05, 0) is 54.1 Å². The van der Waals surface area contributed by atoms with Crippen molar-refractivity contribution in [2.75, 3.05) is 11.9 Å². The Morgan fingerprint density at radius 3 is 2.61 bits per heavy atom. The molecule has 0 heterocycles. The Bertz CT molecular complexity index is 923. The van der Waals surface area contributed by atoms with E-state index in [1.54, 1.807) is 25.1 Å². The summed E-state index contributed by atoms with van der Waals surface area (Å²) in [6.07, 6.45) is -4.88. The van der Waals surface area contributed by atoms with Gasteiger partial charge < -0.3 is 10.1 Å². The van der Waals surface area contributed by atoms with E-state index in [1.807, 2.05) is 5.40 Å². The summed E-state index contributed by atoms with van der Waals surface area (Å²) in [6.45, 7) is 1.18. The monoisotopic (exact) mass is 408 g/mol. The van der Waals surface area contributed by atoms with E-state index in [-0.39, 0.29) is 12.0 Å². The molecule has 0 bridgehead atoms. The van der Waals surface area contributed by atoms with Crippen molar-refractivity contribution in [2.45, 2.75) is 24.4 Å². The number of benzene rings is 2. The number of thiocyanates is 1. The number of esters is 1. The second kappa shape index (κ2) is 9.28. The molecule has 0 unspecified atom stereocenters. The van der Waals surface area contributed by atoms with Gasteiger partial charge in [-0.1, -0.05) is 18.2 Å². The van der Waals surface area contributed by atoms with Gasteiger partial charge >= 0.3 is 12.1 Å². The Kier molecular flexibility index (Phi) is 7.06. The molecule has 2 aromatic carbocycles. The van der Waals surface area contributed by atoms with Gasteiger partial charge in [-0.3, -0.25) is 9.59 Å². The van der Waals surface area contributed by atoms with Gasteiger partial charge in [0.1, 0.15) is 5.40 Å². The topological polar surface area (TPSA) is 79.2 Å². The maximum atomic E-state index is 12.7. The molecule has 0 aliphatic carbocycles. The number of nitrogens with one attached hydrogen (secondary N) is 1. The zero-order valence-corrected chi connectivity index (χ0v) is 15.5. The number of amides is 1. The van der Waals surface area contributed by atoms with Crippen LogP contribution in [-0.2, 0) is 26.9 Å². The van der Waals surface area contributed by atoms with Crippen molar-refractivity contribution >= 4 is 29.3 Å². The van der Waals surface area contributed by atoms with Crippen molar-refractivity contribution in [3.8, 4) is 5.40 Å². The van der Waals surface area contributed by atoms with Crippen molar-refractivity contribution in [2.24, 2.45) is 0 Å². The Morgan fingerprint density at radius 1 is 1.21 bits per heavy atom. The Labute approximate surface area is 163 Å². The molecule has 28 heavy (non-hydrogen) atoms. The van der Waals surface area contributed by atoms with Crippen molar-refractivity contribution in [1.82, 2.24) is 0 Å². The van der Waals surface area contributed by atoms with E-state index in [0.717, 1.165) is 34.4 Å². The average molecular weight is 408 g/mol. The summed E-state index contributed by atoms with van der Waals surface area (Å²) >= 11 is 0.988. The third kappa shape index (κ3) is 6.32. The number of hydrogen-bond donors (Lipinski definition) is 1. The molecule has 0 saturated heterocycles. The highest BCUT2D eigenvalue weighted by Crippen LogP contribution is 2.29. The maximum Gasteiger partial charge on any atom is 0.416 e. The van der Waals surface area contributed by atoms with Crippen molar-refractivity contribution in [3.63, 3.8) is 0 Å². The maximum absolute atomic E-state index is 12.7. The van der Waals surface area contributed by atoms with Gasteiger partial charge in [0.05, 0.1) is 12.0 Å². The average Bonchev–Trinajstić information content (AvgIpc) is 2.62. The molecular formula is C19H15F3N2O3S. The van der Waals surface area contributed by atoms with E-state index in [0.29, 0.717) is 5.69 Å². The first-order valence-corrected chi connectivity index (χ1v) is 8.79. The van der Waals surface area contributed by atoms with Gasteiger partial charge in [-0.15, -0.1) is 0 Å². The minimum atomic E-state index is -4.50. The number of rotatable bonds is 6. The molecule has 0 atom stereocenters. The van der Waals surface area contributed by atoms with Crippen molar-refractivity contribution in [1.29, 1.82) is 5.26 Å². The number of thioether (sulfide) groups is 1. The number of carbonyl (C=O) groups excluding carboxylic acids is 2. The fraction of sp³-hybridized carbons (Fsp3) is 0.211. The standard InChI is InChI=1S/C19H15F3N2O3S/c1-12-7-15(28-11-23)5-6-16(12)24-17(25)10-27-18(26)9-13-3-2-4-14(8-13)19(20,21)22/h2-8H,9-10H2,1H3,(H,24,25). The van der Waals surface area contributed by atoms with Crippen LogP contribution in [0.1, 0.15) is 16.7 Å². The van der Waals surface area contributed by atoms with Gasteiger partial charge in [-0.25, -0.2) is 0 Å². The first-order chi connectivity index (χ1) is 13.2. The lowest BCUT2D eigenvalue weighted by Gasteiger charge is -2.10. The van der Waals surface area contributed by atoms with Crippen LogP contribution in [0.3, 0.4) is 0 Å². The van der Waals surface area contributed by atoms with E-state index in [9.17, 15) is 22.8 Å². The van der Waals surface area contributed by atoms with E-state index < -0.39 is 30.2 Å². The molecule has 0 saturated carbocycles. The highest BCUT2D eigenvalue weighted by Gasteiger charge is 2.30. The van der Waals surface area contributed by atoms with Crippen molar-refractivity contribution in [3.05, 3.63) is 59.2 Å². The molecular weight excluding hydrogens is 393 g/mol. The van der Waals surface area contributed by atoms with Crippen LogP contribution in [-0.4, -0.2) is 18.5 Å². The molecule has 0 spiro atoms. The van der Waals surface area contributed by atoms with Gasteiger partial charge in [0, 0.05) is 10.6 Å². The zero-order valence-electron chi connectivity index (χ0n) is 14.7. The van der Waals surface area contributed by atoms with Crippen LogP contribution < -0.4 is 5.32 Å². The summed E-state index contributed by atoms with van der Waals surface area (Å²) in [5, 5.41) is 13.2. The molecule has 0 aliphatic rings. The van der Waals surface area contributed by atoms with Gasteiger partial charge in [0.25, 0.3) is 5.91 Å². The zero-order chi connectivity index (χ0) is 20.7. The molecule has 0 aliphatic heterocycles. The predicted octanol–water partition coefficient (Wildman–Crippen LogP) is 4.31. The number of alkyl halides is 3. The molecule has 2 rings (SSSR count). The minimum Gasteiger partial charge on any atom is -0.455 e. The van der Waals surface area contributed by atoms with Crippen LogP contribution in [0, 0.1) is 17.6 Å². The van der Waals surface area contributed by atoms with Gasteiger partial charge in [-0.2, -0.15) is 18.4 Å². The van der Waals surface area contributed by atoms with E-state index in [2.05, 4.69) is 5.32 Å². The van der Waals surface area contributed by atoms with Crippen LogP contribution in [0.5, 0.6) is 0 Å². The number of carbonyl (C=O) groups is 2. The number of nitrogens with zero attached hydrogens (tertiary/aromatic N) is 1. The minimum absolute atomic E-state index is 0.140. The molecule has 0 radical (unpaired) electrons. The molecule has 5 nitrogen and oxygen atoms in total. The third-order valence-electron chi connectivity index (χ3n) is 3.60. The first kappa shape index (κ1) is 21.3. The van der Waals surface area contributed by atoms with Crippen LogP contribution in [0.2, 0.25) is 0 Å². The summed E-state index contributed by atoms with van der Waals surface area (Å²) in [6, 6.07) is 9.36. The molecule has 146 valence electrons. The Hall–Kier alpha value is -2.99. The van der Waals surface area contributed by atoms with Crippen LogP contribution >= 0.6 is 11.8 Å². The third-order valence-corrected chi connectivity index (χ3v) is 4.18. The number of halogens is 3. The molecule has 1 amide bonds. The van der Waals surface area contributed by atoms with E-state index in [4.69, 9.17) is 10.00 Å². The summed E-state index contributed by atoms with van der Waals surface area (Å²) in [7, 11) is 0. The fourth-order valence-electron chi connectivity index (χ4n) is 2.30. The molecule has 0 aromatic heterocycles. The van der Waals surface area contributed by atoms with Crippen LogP contribution in [0.25, 0.3) is 0 Å². The quantitative estimate of drug-likeness (QED) is 0.438. The second-order valence-electron chi connectivity index (χ2n) is 5.75. The lowest BCUT2D eigenvalue weighted by molar-refractivity contribution is -0.146. The number of hydrogen-bond acceptors (Lipinski definition) is 5. The highest BCUT2D eigenvalue weighted by atomic mass is 32.2. The summed E-state index contributed by atoms with van der Waals surface area (Å²) in [5.41, 5.74) is 0.510. The van der Waals surface area contributed by atoms with Crippen molar-refractivity contribution < 1.29 is 27.5 Å². The predicted molar refractivity (Wildman–Crippen MR) is 97.4 cm³/mol. The smallest absolute Gasteiger partial charge is 0.416 e. The first-order valence-electron chi connectivity index (χ1n) is 7.97. The summed E-state index contributed by atoms with van der Waals surface area (Å²) < 4.78 is 42.9. The van der Waals surface area contributed by atoms with Crippen LogP contribution in [0.15, 0.2) is 47.4 Å². The van der Waals surface area contributed by atoms with Gasteiger partial charge in [0.2, 0.25) is 0 Å². The van der Waals surface area contributed by atoms with Gasteiger partial charge in [0.15, 0.2) is 6.61 Å². The number of anilines is 1. The van der Waals surface area contributed by atoms with E-state index in [1.165, 1.54) is 12.1 Å². The highest BCUT2D eigenvalue weighted by molar-refractivity contribution is 8.03. The SMILES string of the molecule is Cc1cc(SC#N)ccc1NC(=O)COC(=O)Cc1cccc(C(F)(F)F)c1. The second-order valence-corrected chi connectivity index (χ2v) is 6.61. The fourth-order valence-corrected chi connectivity index (χ4v) is 2.78. The largest absolute Gasteiger partial charge is 0.455 e. The number of ether oxygens (including phenoxy) is 1. The lowest BCUT2D eigenvalue weighted by atomic mass is 10.1. The molecule has 0 fully saturated rings.